The van der Waals surface area contributed by atoms with Crippen molar-refractivity contribution in [3.63, 3.8) is 0 Å². The normalized spacial score (nSPS) is 10.3. The van der Waals surface area contributed by atoms with Crippen molar-refractivity contribution in [2.24, 2.45) is 0 Å². The van der Waals surface area contributed by atoms with E-state index in [1.165, 1.54) is 6.92 Å². The summed E-state index contributed by atoms with van der Waals surface area (Å²) in [4.78, 5) is 32.6. The topological polar surface area (TPSA) is 84.0 Å². The molecule has 1 aromatic heterocycles. The van der Waals surface area contributed by atoms with Crippen molar-refractivity contribution in [3.8, 4) is 0 Å². The van der Waals surface area contributed by atoms with Gasteiger partial charge in [-0.2, -0.15) is 0 Å². The number of ketones is 1. The minimum atomic E-state index is -0.367. The number of hydrogen-bond donors (Lipinski definition) is 2. The molecule has 0 spiro atoms. The monoisotopic (exact) mass is 360 g/mol. The average Bonchev–Trinajstić information content (AvgIpc) is 2.63. The fourth-order valence-electron chi connectivity index (χ4n) is 2.54. The van der Waals surface area contributed by atoms with E-state index in [0.29, 0.717) is 22.9 Å². The first-order chi connectivity index (χ1) is 12.9. The molecule has 1 amide bonds. The van der Waals surface area contributed by atoms with Crippen LogP contribution in [0.15, 0.2) is 54.6 Å². The molecule has 3 aromatic rings. The third-order valence-electron chi connectivity index (χ3n) is 3.92. The van der Waals surface area contributed by atoms with Gasteiger partial charge in [0.1, 0.15) is 17.3 Å². The number of carbonyl (C=O) groups is 2. The number of carbonyl (C=O) groups excluding carboxylic acids is 2. The number of nitrogens with zero attached hydrogens (tertiary/aromatic N) is 2. The van der Waals surface area contributed by atoms with Gasteiger partial charge in [-0.25, -0.2) is 9.97 Å². The SMILES string of the molecule is CC(=O)c1cccc(NC(=O)c2cc(Nc3ccc(C)cc3)nc(C)n2)c1. The van der Waals surface area contributed by atoms with Crippen LogP contribution in [0.5, 0.6) is 0 Å². The number of nitrogens with one attached hydrogen (secondary N) is 2. The summed E-state index contributed by atoms with van der Waals surface area (Å²) in [6.07, 6.45) is 0. The van der Waals surface area contributed by atoms with Gasteiger partial charge in [0, 0.05) is 23.0 Å². The van der Waals surface area contributed by atoms with E-state index in [1.54, 1.807) is 37.3 Å². The maximum absolute atomic E-state index is 12.6. The highest BCUT2D eigenvalue weighted by Gasteiger charge is 2.12. The number of hydrogen-bond acceptors (Lipinski definition) is 5. The Bertz CT molecular complexity index is 997. The summed E-state index contributed by atoms with van der Waals surface area (Å²) >= 11 is 0. The molecule has 0 atom stereocenters. The third kappa shape index (κ3) is 4.76. The lowest BCUT2D eigenvalue weighted by molar-refractivity contribution is 0.100. The number of aryl methyl sites for hydroxylation is 2. The second-order valence-electron chi connectivity index (χ2n) is 6.27. The first kappa shape index (κ1) is 18.3. The van der Waals surface area contributed by atoms with E-state index in [2.05, 4.69) is 20.6 Å². The number of aromatic nitrogens is 2. The lowest BCUT2D eigenvalue weighted by Crippen LogP contribution is -2.15. The highest BCUT2D eigenvalue weighted by Crippen LogP contribution is 2.17. The molecular weight excluding hydrogens is 340 g/mol. The Kier molecular flexibility index (Phi) is 5.26. The van der Waals surface area contributed by atoms with Crippen LogP contribution in [0, 0.1) is 13.8 Å². The summed E-state index contributed by atoms with van der Waals surface area (Å²) in [5.74, 6) is 0.588. The Morgan fingerprint density at radius 2 is 1.63 bits per heavy atom. The van der Waals surface area contributed by atoms with Gasteiger partial charge in [-0.1, -0.05) is 29.8 Å². The lowest BCUT2D eigenvalue weighted by atomic mass is 10.1. The fourth-order valence-corrected chi connectivity index (χ4v) is 2.54. The molecule has 0 radical (unpaired) electrons. The van der Waals surface area contributed by atoms with E-state index in [1.807, 2.05) is 31.2 Å². The molecule has 0 saturated heterocycles. The largest absolute Gasteiger partial charge is 0.340 e. The highest BCUT2D eigenvalue weighted by atomic mass is 16.2. The second kappa shape index (κ2) is 7.78. The van der Waals surface area contributed by atoms with Crippen molar-refractivity contribution in [3.05, 3.63) is 77.2 Å². The van der Waals surface area contributed by atoms with E-state index < -0.39 is 0 Å². The number of Topliss-reactive ketones (excluding diaryl/α,β-unsaturated/α-hetero) is 1. The second-order valence-corrected chi connectivity index (χ2v) is 6.27. The third-order valence-corrected chi connectivity index (χ3v) is 3.92. The Morgan fingerprint density at radius 1 is 0.889 bits per heavy atom. The molecule has 0 aliphatic heterocycles. The molecule has 0 unspecified atom stereocenters. The van der Waals surface area contributed by atoms with Crippen molar-refractivity contribution in [2.75, 3.05) is 10.6 Å². The van der Waals surface area contributed by atoms with Gasteiger partial charge in [-0.15, -0.1) is 0 Å². The van der Waals surface area contributed by atoms with Gasteiger partial charge in [0.25, 0.3) is 5.91 Å². The Balaban J connectivity index is 1.80. The van der Waals surface area contributed by atoms with Crippen LogP contribution in [0.25, 0.3) is 0 Å². The summed E-state index contributed by atoms with van der Waals surface area (Å²) in [6, 6.07) is 16.3. The number of benzene rings is 2. The first-order valence-electron chi connectivity index (χ1n) is 8.52. The number of amides is 1. The molecule has 0 aliphatic carbocycles. The minimum absolute atomic E-state index is 0.0615. The molecule has 6 nitrogen and oxygen atoms in total. The van der Waals surface area contributed by atoms with Crippen molar-refractivity contribution in [2.45, 2.75) is 20.8 Å². The number of anilines is 3. The van der Waals surface area contributed by atoms with Gasteiger partial charge in [0.2, 0.25) is 0 Å². The van der Waals surface area contributed by atoms with Crippen LogP contribution in [0.1, 0.15) is 39.2 Å². The Hall–Kier alpha value is -3.54. The molecule has 0 saturated carbocycles. The molecule has 3 rings (SSSR count). The average molecular weight is 360 g/mol. The van der Waals surface area contributed by atoms with E-state index in [-0.39, 0.29) is 17.4 Å². The lowest BCUT2D eigenvalue weighted by Gasteiger charge is -2.10. The Labute approximate surface area is 157 Å². The van der Waals surface area contributed by atoms with Crippen molar-refractivity contribution in [1.29, 1.82) is 0 Å². The van der Waals surface area contributed by atoms with Crippen molar-refractivity contribution in [1.82, 2.24) is 9.97 Å². The van der Waals surface area contributed by atoms with Gasteiger partial charge < -0.3 is 10.6 Å². The number of rotatable bonds is 5. The summed E-state index contributed by atoms with van der Waals surface area (Å²) in [5.41, 5.74) is 3.35. The molecule has 27 heavy (non-hydrogen) atoms. The molecule has 2 N–H and O–H groups in total. The summed E-state index contributed by atoms with van der Waals surface area (Å²) in [6.45, 7) is 5.23. The van der Waals surface area contributed by atoms with E-state index in [0.717, 1.165) is 11.3 Å². The molecule has 1 heterocycles. The van der Waals surface area contributed by atoms with E-state index in [4.69, 9.17) is 0 Å². The standard InChI is InChI=1S/C21H20N4O2/c1-13-7-9-17(10-8-13)24-20-12-19(22-15(3)23-20)21(27)25-18-6-4-5-16(11-18)14(2)26/h4-12H,1-3H3,(H,25,27)(H,22,23,24). The molecule has 0 bridgehead atoms. The molecule has 6 heteroatoms. The fraction of sp³-hybridized carbons (Fsp3) is 0.143. The molecular formula is C21H20N4O2. The molecule has 2 aromatic carbocycles. The maximum Gasteiger partial charge on any atom is 0.274 e. The summed E-state index contributed by atoms with van der Waals surface area (Å²) < 4.78 is 0. The van der Waals surface area contributed by atoms with E-state index in [9.17, 15) is 9.59 Å². The van der Waals surface area contributed by atoms with Gasteiger partial charge in [-0.05, 0) is 45.0 Å². The van der Waals surface area contributed by atoms with Crippen LogP contribution < -0.4 is 10.6 Å². The van der Waals surface area contributed by atoms with Crippen LogP contribution in [-0.4, -0.2) is 21.7 Å². The van der Waals surface area contributed by atoms with Gasteiger partial charge >= 0.3 is 0 Å². The Morgan fingerprint density at radius 3 is 2.33 bits per heavy atom. The van der Waals surface area contributed by atoms with Crippen molar-refractivity contribution < 1.29 is 9.59 Å². The zero-order valence-corrected chi connectivity index (χ0v) is 15.4. The maximum atomic E-state index is 12.6. The van der Waals surface area contributed by atoms with E-state index >= 15 is 0 Å². The summed E-state index contributed by atoms with van der Waals surface area (Å²) in [7, 11) is 0. The van der Waals surface area contributed by atoms with Crippen LogP contribution >= 0.6 is 0 Å². The minimum Gasteiger partial charge on any atom is -0.340 e. The molecule has 0 fully saturated rings. The zero-order valence-electron chi connectivity index (χ0n) is 15.4. The smallest absolute Gasteiger partial charge is 0.274 e. The van der Waals surface area contributed by atoms with Crippen LogP contribution in [0.4, 0.5) is 17.2 Å². The zero-order chi connectivity index (χ0) is 19.4. The van der Waals surface area contributed by atoms with Crippen LogP contribution in [0.3, 0.4) is 0 Å². The predicted molar refractivity (Wildman–Crippen MR) is 106 cm³/mol. The quantitative estimate of drug-likeness (QED) is 0.663. The molecule has 136 valence electrons. The predicted octanol–water partition coefficient (Wildman–Crippen LogP) is 4.29. The van der Waals surface area contributed by atoms with Crippen molar-refractivity contribution >= 4 is 28.9 Å². The first-order valence-corrected chi connectivity index (χ1v) is 8.52. The summed E-state index contributed by atoms with van der Waals surface area (Å²) in [5, 5.41) is 5.95. The highest BCUT2D eigenvalue weighted by molar-refractivity contribution is 6.04. The molecule has 0 aliphatic rings. The van der Waals surface area contributed by atoms with Gasteiger partial charge in [-0.3, -0.25) is 9.59 Å². The van der Waals surface area contributed by atoms with Crippen LogP contribution in [-0.2, 0) is 0 Å². The van der Waals surface area contributed by atoms with Gasteiger partial charge in [0.15, 0.2) is 5.78 Å². The van der Waals surface area contributed by atoms with Crippen LogP contribution in [0.2, 0.25) is 0 Å². The van der Waals surface area contributed by atoms with Gasteiger partial charge in [0.05, 0.1) is 0 Å².